The van der Waals surface area contributed by atoms with Crippen molar-refractivity contribution >= 4 is 35.2 Å². The lowest BCUT2D eigenvalue weighted by Crippen LogP contribution is -2.38. The number of carbonyl (C=O) groups excluding carboxylic acids is 4. The molecule has 6 nitrogen and oxygen atoms in total. The molecular weight excluding hydrogens is 334 g/mol. The number of carbonyl (C=O) groups is 4. The quantitative estimate of drug-likeness (QED) is 0.339. The number of imide groups is 1. The maximum atomic E-state index is 12.8. The summed E-state index contributed by atoms with van der Waals surface area (Å²) in [4.78, 5) is 50.5. The highest BCUT2D eigenvalue weighted by molar-refractivity contribution is 6.30. The molecule has 0 aliphatic carbocycles. The van der Waals surface area contributed by atoms with Gasteiger partial charge in [-0.3, -0.25) is 24.1 Å². The van der Waals surface area contributed by atoms with E-state index in [1.54, 1.807) is 13.8 Å². The summed E-state index contributed by atoms with van der Waals surface area (Å²) in [6, 6.07) is 6.01. The van der Waals surface area contributed by atoms with Crippen molar-refractivity contribution in [2.24, 2.45) is 11.8 Å². The van der Waals surface area contributed by atoms with Gasteiger partial charge in [0.15, 0.2) is 5.78 Å². The molecule has 24 heavy (non-hydrogen) atoms. The van der Waals surface area contributed by atoms with E-state index in [2.05, 4.69) is 0 Å². The average molecular weight is 352 g/mol. The number of esters is 1. The third-order valence-corrected chi connectivity index (χ3v) is 4.20. The molecule has 2 atom stereocenters. The number of hydrogen-bond acceptors (Lipinski definition) is 5. The Labute approximate surface area is 144 Å². The van der Waals surface area contributed by atoms with E-state index in [1.165, 1.54) is 24.3 Å². The Morgan fingerprint density at radius 3 is 2.38 bits per heavy atom. The molecule has 1 saturated heterocycles. The molecule has 1 unspecified atom stereocenters. The van der Waals surface area contributed by atoms with Gasteiger partial charge in [0.25, 0.3) is 0 Å². The number of halogens is 1. The number of ether oxygens (including phenoxy) is 1. The SMILES string of the molecule is CCOC(=O)C(C(=O)c1ccc(Cl)cc1)[C@H]1CC(=O)N(CC)C1=O. The van der Waals surface area contributed by atoms with E-state index < -0.39 is 29.5 Å². The molecule has 0 bridgehead atoms. The number of Topliss-reactive ketones (excluding diaryl/α,β-unsaturated/α-hetero) is 1. The van der Waals surface area contributed by atoms with Gasteiger partial charge >= 0.3 is 5.97 Å². The fraction of sp³-hybridized carbons (Fsp3) is 0.412. The molecule has 0 saturated carbocycles. The summed E-state index contributed by atoms with van der Waals surface area (Å²) in [6.45, 7) is 3.56. The zero-order valence-electron chi connectivity index (χ0n) is 13.5. The molecule has 1 aliphatic heterocycles. The van der Waals surface area contributed by atoms with Crippen molar-refractivity contribution in [2.75, 3.05) is 13.2 Å². The van der Waals surface area contributed by atoms with E-state index in [4.69, 9.17) is 16.3 Å². The molecule has 1 aliphatic rings. The van der Waals surface area contributed by atoms with Crippen LogP contribution in [0.25, 0.3) is 0 Å². The van der Waals surface area contributed by atoms with Crippen molar-refractivity contribution in [3.63, 3.8) is 0 Å². The first-order valence-corrected chi connectivity index (χ1v) is 8.09. The fourth-order valence-electron chi connectivity index (χ4n) is 2.78. The molecule has 2 rings (SSSR count). The summed E-state index contributed by atoms with van der Waals surface area (Å²) in [6.07, 6.45) is -0.171. The lowest BCUT2D eigenvalue weighted by atomic mass is 9.84. The van der Waals surface area contributed by atoms with Crippen molar-refractivity contribution in [3.8, 4) is 0 Å². The third kappa shape index (κ3) is 3.48. The summed E-state index contributed by atoms with van der Waals surface area (Å²) < 4.78 is 4.97. The topological polar surface area (TPSA) is 80.8 Å². The van der Waals surface area contributed by atoms with Gasteiger partial charge in [0.05, 0.1) is 12.5 Å². The summed E-state index contributed by atoms with van der Waals surface area (Å²) >= 11 is 5.81. The van der Waals surface area contributed by atoms with Crippen LogP contribution in [0.5, 0.6) is 0 Å². The molecule has 1 aromatic rings. The molecule has 1 fully saturated rings. The van der Waals surface area contributed by atoms with Crippen LogP contribution in [0.4, 0.5) is 0 Å². The minimum absolute atomic E-state index is 0.0789. The van der Waals surface area contributed by atoms with Gasteiger partial charge in [0, 0.05) is 23.6 Å². The Hall–Kier alpha value is -2.21. The minimum Gasteiger partial charge on any atom is -0.465 e. The van der Waals surface area contributed by atoms with Crippen LogP contribution >= 0.6 is 11.6 Å². The van der Waals surface area contributed by atoms with Gasteiger partial charge in [0.1, 0.15) is 5.92 Å². The predicted molar refractivity (Wildman–Crippen MR) is 86.4 cm³/mol. The first kappa shape index (κ1) is 18.1. The Morgan fingerprint density at radius 2 is 1.88 bits per heavy atom. The van der Waals surface area contributed by atoms with Crippen LogP contribution in [0.1, 0.15) is 30.6 Å². The van der Waals surface area contributed by atoms with E-state index in [9.17, 15) is 19.2 Å². The van der Waals surface area contributed by atoms with Crippen LogP contribution in [0.15, 0.2) is 24.3 Å². The van der Waals surface area contributed by atoms with Crippen molar-refractivity contribution in [1.82, 2.24) is 4.90 Å². The van der Waals surface area contributed by atoms with Gasteiger partial charge in [-0.1, -0.05) is 11.6 Å². The van der Waals surface area contributed by atoms with Crippen molar-refractivity contribution < 1.29 is 23.9 Å². The predicted octanol–water partition coefficient (Wildman–Crippen LogP) is 2.10. The largest absolute Gasteiger partial charge is 0.465 e. The Kier molecular flexibility index (Phi) is 5.72. The smallest absolute Gasteiger partial charge is 0.317 e. The number of hydrogen-bond donors (Lipinski definition) is 0. The van der Waals surface area contributed by atoms with E-state index in [1.807, 2.05) is 0 Å². The monoisotopic (exact) mass is 351 g/mol. The zero-order valence-corrected chi connectivity index (χ0v) is 14.2. The van der Waals surface area contributed by atoms with Crippen molar-refractivity contribution in [3.05, 3.63) is 34.9 Å². The number of likely N-dealkylation sites (tertiary alicyclic amines) is 1. The first-order valence-electron chi connectivity index (χ1n) is 7.71. The Bertz CT molecular complexity index is 670. The summed E-state index contributed by atoms with van der Waals surface area (Å²) in [5.41, 5.74) is 0.243. The second-order valence-corrected chi connectivity index (χ2v) is 5.82. The number of benzene rings is 1. The summed E-state index contributed by atoms with van der Waals surface area (Å²) in [5, 5.41) is 0.448. The van der Waals surface area contributed by atoms with Crippen LogP contribution in [0, 0.1) is 11.8 Å². The van der Waals surface area contributed by atoms with E-state index in [0.717, 1.165) is 4.90 Å². The second kappa shape index (κ2) is 7.57. The van der Waals surface area contributed by atoms with Crippen LogP contribution in [0.2, 0.25) is 5.02 Å². The van der Waals surface area contributed by atoms with Gasteiger partial charge < -0.3 is 4.74 Å². The second-order valence-electron chi connectivity index (χ2n) is 5.39. The van der Waals surface area contributed by atoms with E-state index >= 15 is 0 Å². The molecule has 1 aromatic carbocycles. The molecule has 0 aromatic heterocycles. The van der Waals surface area contributed by atoms with Gasteiger partial charge in [-0.2, -0.15) is 0 Å². The van der Waals surface area contributed by atoms with Crippen molar-refractivity contribution in [1.29, 1.82) is 0 Å². The zero-order chi connectivity index (χ0) is 17.9. The number of rotatable bonds is 6. The van der Waals surface area contributed by atoms with Gasteiger partial charge in [-0.05, 0) is 38.1 Å². The minimum atomic E-state index is -1.33. The Morgan fingerprint density at radius 1 is 1.25 bits per heavy atom. The van der Waals surface area contributed by atoms with E-state index in [0.29, 0.717) is 5.02 Å². The van der Waals surface area contributed by atoms with Gasteiger partial charge in [-0.15, -0.1) is 0 Å². The average Bonchev–Trinajstić information content (AvgIpc) is 2.82. The highest BCUT2D eigenvalue weighted by Crippen LogP contribution is 2.30. The van der Waals surface area contributed by atoms with Gasteiger partial charge in [-0.25, -0.2) is 0 Å². The number of ketones is 1. The number of nitrogens with zero attached hydrogens (tertiary/aromatic N) is 1. The molecule has 1 heterocycles. The van der Waals surface area contributed by atoms with Crippen LogP contribution in [-0.4, -0.2) is 41.6 Å². The lowest BCUT2D eigenvalue weighted by Gasteiger charge is -2.19. The Balaban J connectivity index is 2.37. The van der Waals surface area contributed by atoms with Crippen molar-refractivity contribution in [2.45, 2.75) is 20.3 Å². The molecule has 2 amide bonds. The standard InChI is InChI=1S/C17H18ClNO5/c1-3-19-13(20)9-12(16(19)22)14(17(23)24-4-2)15(21)10-5-7-11(18)8-6-10/h5-8,12,14H,3-4,9H2,1-2H3/t12-,14?/m1/s1. The normalized spacial score (nSPS) is 18.6. The highest BCUT2D eigenvalue weighted by atomic mass is 35.5. The van der Waals surface area contributed by atoms with Gasteiger partial charge in [0.2, 0.25) is 11.8 Å². The third-order valence-electron chi connectivity index (χ3n) is 3.95. The maximum Gasteiger partial charge on any atom is 0.317 e. The summed E-state index contributed by atoms with van der Waals surface area (Å²) in [5.74, 6) is -4.59. The molecule has 0 spiro atoms. The molecule has 128 valence electrons. The fourth-order valence-corrected chi connectivity index (χ4v) is 2.91. The lowest BCUT2D eigenvalue weighted by molar-refractivity contribution is -0.151. The molecule has 7 heteroatoms. The van der Waals surface area contributed by atoms with Crippen LogP contribution in [0.3, 0.4) is 0 Å². The van der Waals surface area contributed by atoms with Crippen LogP contribution < -0.4 is 0 Å². The summed E-state index contributed by atoms with van der Waals surface area (Å²) in [7, 11) is 0. The molecule has 0 radical (unpaired) electrons. The maximum absolute atomic E-state index is 12.8. The molecule has 0 N–H and O–H groups in total. The first-order chi connectivity index (χ1) is 11.4. The number of amides is 2. The highest BCUT2D eigenvalue weighted by Gasteiger charge is 2.48. The molecular formula is C17H18ClNO5. The van der Waals surface area contributed by atoms with Crippen LogP contribution in [-0.2, 0) is 19.1 Å². The van der Waals surface area contributed by atoms with E-state index in [-0.39, 0.29) is 31.0 Å².